The largest absolute Gasteiger partial charge is 0.371 e. The van der Waals surface area contributed by atoms with Gasteiger partial charge in [-0.15, -0.1) is 0 Å². The first-order chi connectivity index (χ1) is 15.1. The number of benzene rings is 3. The van der Waals surface area contributed by atoms with Crippen molar-refractivity contribution in [1.29, 1.82) is 0 Å². The summed E-state index contributed by atoms with van der Waals surface area (Å²) >= 11 is 0. The number of aryl methyl sites for hydroxylation is 2. The molecule has 3 aromatic carbocycles. The van der Waals surface area contributed by atoms with Gasteiger partial charge in [0.2, 0.25) is 0 Å². The molecule has 31 heavy (non-hydrogen) atoms. The van der Waals surface area contributed by atoms with Gasteiger partial charge in [0.25, 0.3) is 0 Å². The van der Waals surface area contributed by atoms with Gasteiger partial charge in [-0.25, -0.2) is 0 Å². The van der Waals surface area contributed by atoms with E-state index in [4.69, 9.17) is 0 Å². The van der Waals surface area contributed by atoms with E-state index in [9.17, 15) is 0 Å². The highest BCUT2D eigenvalue weighted by atomic mass is 15.2. The summed E-state index contributed by atoms with van der Waals surface area (Å²) in [5.74, 6) is 0. The standard InChI is InChI=1S/C29H36N2/c1-6-30-19-18-24-14-16-27(22(4)20-24)29(31(7-2)8-3,25-12-10-9-11-13-25)28-17-15-26(30)21-23(28)5/h9-17,20-21H,6-8,18-19H2,1-5H3. The SMILES string of the molecule is CCN1CCc2ccc(c(C)c2)C(c2ccccc2)(N(CC)CC)c2ccc1cc2C. The molecular weight excluding hydrogens is 376 g/mol. The van der Waals surface area contributed by atoms with Crippen LogP contribution in [0.4, 0.5) is 5.69 Å². The normalized spacial score (nSPS) is 18.3. The molecule has 0 aliphatic carbocycles. The van der Waals surface area contributed by atoms with Crippen LogP contribution in [-0.4, -0.2) is 31.1 Å². The van der Waals surface area contributed by atoms with Crippen LogP contribution in [-0.2, 0) is 12.0 Å². The van der Waals surface area contributed by atoms with Crippen LogP contribution in [0.1, 0.15) is 54.2 Å². The minimum Gasteiger partial charge on any atom is -0.371 e. The van der Waals surface area contributed by atoms with E-state index in [1.807, 2.05) is 0 Å². The summed E-state index contributed by atoms with van der Waals surface area (Å²) < 4.78 is 0. The molecule has 0 fully saturated rings. The number of rotatable bonds is 5. The van der Waals surface area contributed by atoms with E-state index in [2.05, 4.69) is 111 Å². The molecule has 3 aromatic rings. The molecule has 0 N–H and O–H groups in total. The van der Waals surface area contributed by atoms with Crippen LogP contribution in [0, 0.1) is 13.8 Å². The van der Waals surface area contributed by atoms with Gasteiger partial charge in [0.15, 0.2) is 0 Å². The first-order valence-electron chi connectivity index (χ1n) is 11.8. The average Bonchev–Trinajstić information content (AvgIpc) is 2.78. The van der Waals surface area contributed by atoms with Gasteiger partial charge in [-0.2, -0.15) is 0 Å². The van der Waals surface area contributed by atoms with Crippen molar-refractivity contribution in [1.82, 2.24) is 4.90 Å². The minimum absolute atomic E-state index is 0.313. The Balaban J connectivity index is 2.14. The number of likely N-dealkylation sites (N-methyl/N-ethyl adjacent to an activating group) is 1. The van der Waals surface area contributed by atoms with Crippen LogP contribution in [0.3, 0.4) is 0 Å². The molecule has 7 rings (SSSR count). The van der Waals surface area contributed by atoms with Gasteiger partial charge in [0.05, 0.1) is 5.54 Å². The van der Waals surface area contributed by atoms with Crippen molar-refractivity contribution >= 4 is 5.69 Å². The molecule has 4 heterocycles. The van der Waals surface area contributed by atoms with E-state index in [1.165, 1.54) is 39.1 Å². The molecule has 2 nitrogen and oxygen atoms in total. The van der Waals surface area contributed by atoms with Crippen molar-refractivity contribution in [2.24, 2.45) is 0 Å². The van der Waals surface area contributed by atoms with Crippen LogP contribution in [0.25, 0.3) is 0 Å². The molecule has 1 atom stereocenters. The lowest BCUT2D eigenvalue weighted by Gasteiger charge is -2.47. The Morgan fingerprint density at radius 3 is 2.03 bits per heavy atom. The van der Waals surface area contributed by atoms with Crippen molar-refractivity contribution in [2.45, 2.75) is 46.6 Å². The molecular formula is C29H36N2. The van der Waals surface area contributed by atoms with Crippen molar-refractivity contribution in [3.8, 4) is 0 Å². The second-order valence-corrected chi connectivity index (χ2v) is 8.73. The molecule has 162 valence electrons. The highest BCUT2D eigenvalue weighted by molar-refractivity contribution is 5.60. The monoisotopic (exact) mass is 412 g/mol. The first-order valence-corrected chi connectivity index (χ1v) is 11.8. The predicted molar refractivity (Wildman–Crippen MR) is 133 cm³/mol. The van der Waals surface area contributed by atoms with Gasteiger partial charge < -0.3 is 4.90 Å². The Hall–Kier alpha value is -2.58. The van der Waals surface area contributed by atoms with Crippen LogP contribution in [0.5, 0.6) is 0 Å². The fourth-order valence-corrected chi connectivity index (χ4v) is 5.63. The van der Waals surface area contributed by atoms with E-state index < -0.39 is 0 Å². The third-order valence-corrected chi connectivity index (χ3v) is 7.13. The second-order valence-electron chi connectivity index (χ2n) is 8.73. The smallest absolute Gasteiger partial charge is 0.0977 e. The van der Waals surface area contributed by atoms with Crippen molar-refractivity contribution < 1.29 is 0 Å². The number of anilines is 1. The molecule has 0 radical (unpaired) electrons. The zero-order valence-electron chi connectivity index (χ0n) is 19.8. The van der Waals surface area contributed by atoms with Crippen LogP contribution >= 0.6 is 0 Å². The van der Waals surface area contributed by atoms with Crippen molar-refractivity contribution in [2.75, 3.05) is 31.1 Å². The minimum atomic E-state index is -0.313. The molecule has 4 bridgehead atoms. The van der Waals surface area contributed by atoms with Gasteiger partial charge in [-0.1, -0.05) is 68.4 Å². The zero-order valence-corrected chi connectivity index (χ0v) is 19.8. The molecule has 1 unspecified atom stereocenters. The fraction of sp³-hybridized carbons (Fsp3) is 0.379. The molecule has 0 aromatic heterocycles. The highest BCUT2D eigenvalue weighted by Gasteiger charge is 2.43. The Bertz CT molecular complexity index is 1040. The van der Waals surface area contributed by atoms with E-state index in [-0.39, 0.29) is 5.54 Å². The van der Waals surface area contributed by atoms with Gasteiger partial charge in [0, 0.05) is 18.8 Å². The van der Waals surface area contributed by atoms with Crippen LogP contribution in [0.15, 0.2) is 66.7 Å². The number of hydrogen-bond donors (Lipinski definition) is 0. The lowest BCUT2D eigenvalue weighted by Crippen LogP contribution is -2.49. The van der Waals surface area contributed by atoms with Crippen LogP contribution in [0.2, 0.25) is 0 Å². The van der Waals surface area contributed by atoms with Crippen molar-refractivity contribution in [3.63, 3.8) is 0 Å². The molecule has 0 amide bonds. The first kappa shape index (κ1) is 21.6. The summed E-state index contributed by atoms with van der Waals surface area (Å²) in [6.07, 6.45) is 1.07. The summed E-state index contributed by atoms with van der Waals surface area (Å²) in [6, 6.07) is 25.4. The van der Waals surface area contributed by atoms with Gasteiger partial charge in [0.1, 0.15) is 0 Å². The maximum absolute atomic E-state index is 2.63. The Morgan fingerprint density at radius 2 is 1.45 bits per heavy atom. The summed E-state index contributed by atoms with van der Waals surface area (Å²) in [4.78, 5) is 5.14. The molecule has 2 heteroatoms. The maximum atomic E-state index is 2.63. The third kappa shape index (κ3) is 3.57. The van der Waals surface area contributed by atoms with Gasteiger partial charge in [-0.3, -0.25) is 4.90 Å². The lowest BCUT2D eigenvalue weighted by atomic mass is 9.72. The van der Waals surface area contributed by atoms with Gasteiger partial charge in [-0.05, 0) is 85.8 Å². The third-order valence-electron chi connectivity index (χ3n) is 7.13. The average molecular weight is 413 g/mol. The fourth-order valence-electron chi connectivity index (χ4n) is 5.63. The molecule has 4 aliphatic heterocycles. The Labute approximate surface area is 188 Å². The quantitative estimate of drug-likeness (QED) is 0.484. The summed E-state index contributed by atoms with van der Waals surface area (Å²) in [6.45, 7) is 15.5. The van der Waals surface area contributed by atoms with E-state index in [1.54, 1.807) is 0 Å². The topological polar surface area (TPSA) is 6.48 Å². The Morgan fingerprint density at radius 1 is 0.806 bits per heavy atom. The Kier molecular flexibility index (Phi) is 6.20. The lowest BCUT2D eigenvalue weighted by molar-refractivity contribution is 0.174. The predicted octanol–water partition coefficient (Wildman–Crippen LogP) is 6.32. The highest BCUT2D eigenvalue weighted by Crippen LogP contribution is 2.45. The molecule has 0 spiro atoms. The molecule has 0 saturated heterocycles. The zero-order chi connectivity index (χ0) is 22.0. The second kappa shape index (κ2) is 8.88. The summed E-state index contributed by atoms with van der Waals surface area (Å²) in [5, 5.41) is 0. The molecule has 0 saturated carbocycles. The van der Waals surface area contributed by atoms with Crippen LogP contribution < -0.4 is 4.90 Å². The van der Waals surface area contributed by atoms with Gasteiger partial charge >= 0.3 is 0 Å². The maximum Gasteiger partial charge on any atom is 0.0977 e. The van der Waals surface area contributed by atoms with E-state index in [0.29, 0.717) is 0 Å². The number of hydrogen-bond acceptors (Lipinski definition) is 2. The number of nitrogens with zero attached hydrogens (tertiary/aromatic N) is 2. The summed E-state index contributed by atoms with van der Waals surface area (Å²) in [5.41, 5.74) is 9.30. The molecule has 4 aliphatic rings. The van der Waals surface area contributed by atoms with Crippen molar-refractivity contribution in [3.05, 3.63) is 100 Å². The summed E-state index contributed by atoms with van der Waals surface area (Å²) in [7, 11) is 0. The van der Waals surface area contributed by atoms with E-state index >= 15 is 0 Å². The van der Waals surface area contributed by atoms with E-state index in [0.717, 1.165) is 32.6 Å².